The number of hydrogen-bond acceptors (Lipinski definition) is 8. The van der Waals surface area contributed by atoms with Crippen LogP contribution >= 0.6 is 0 Å². The molecule has 4 aromatic rings. The Labute approximate surface area is 291 Å². The SMILES string of the molecule is Cc1ccn(CC(=O)N2CCNC(=O)[C@H](Cc3ccccc3)NC(=O)[C@@H](C(C)C)NC(=O)Cc3cccc(c3)OCCn3cc(nn3)CC2)n1. The number of hydrogen-bond donors (Lipinski definition) is 3. The average Bonchev–Trinajstić information content (AvgIpc) is 3.72. The van der Waals surface area contributed by atoms with E-state index in [0.717, 1.165) is 16.8 Å². The van der Waals surface area contributed by atoms with Crippen molar-refractivity contribution in [2.45, 2.75) is 65.2 Å². The average molecular weight is 684 g/mol. The maximum atomic E-state index is 13.7. The molecule has 0 aliphatic carbocycles. The van der Waals surface area contributed by atoms with E-state index in [-0.39, 0.29) is 50.2 Å². The van der Waals surface area contributed by atoms with Gasteiger partial charge in [-0.15, -0.1) is 5.10 Å². The van der Waals surface area contributed by atoms with Gasteiger partial charge in [-0.1, -0.05) is 61.5 Å². The molecule has 2 aromatic heterocycles. The van der Waals surface area contributed by atoms with Crippen molar-refractivity contribution < 1.29 is 23.9 Å². The fourth-order valence-electron chi connectivity index (χ4n) is 5.67. The highest BCUT2D eigenvalue weighted by Gasteiger charge is 2.29. The Bertz CT molecular complexity index is 1750. The molecule has 264 valence electrons. The predicted octanol–water partition coefficient (Wildman–Crippen LogP) is 1.47. The van der Waals surface area contributed by atoms with E-state index in [0.29, 0.717) is 37.6 Å². The van der Waals surface area contributed by atoms with Crippen LogP contribution in [-0.2, 0) is 51.5 Å². The number of aryl methyl sites for hydroxylation is 1. The Kier molecular flexibility index (Phi) is 12.3. The molecule has 2 atom stereocenters. The van der Waals surface area contributed by atoms with Gasteiger partial charge in [-0.2, -0.15) is 5.10 Å². The van der Waals surface area contributed by atoms with Crippen molar-refractivity contribution in [1.29, 1.82) is 0 Å². The zero-order valence-corrected chi connectivity index (χ0v) is 28.7. The number of nitrogens with one attached hydrogen (secondary N) is 3. The molecule has 3 N–H and O–H groups in total. The Hall–Kier alpha value is -5.53. The summed E-state index contributed by atoms with van der Waals surface area (Å²) in [6, 6.07) is 16.7. The van der Waals surface area contributed by atoms with Crippen LogP contribution in [0.1, 0.15) is 36.4 Å². The number of ether oxygens (including phenoxy) is 1. The number of fused-ring (bicyclic) bond motifs is 4. The van der Waals surface area contributed by atoms with Gasteiger partial charge in [-0.3, -0.25) is 23.9 Å². The standard InChI is InChI=1S/C36H45N9O5/c1-25(2)34-36(49)38-31(21-27-8-5-4-6-9-27)35(48)37-14-17-43(33(47)24-44-16-12-26(3)41-44)15-13-29-23-45(42-40-29)18-19-50-30-11-7-10-28(20-30)22-32(46)39-34/h4-12,16,20,23,25,31,34H,13-15,17-19,21-22,24H2,1-3H3,(H,37,48)(H,38,49)(H,39,46)/t31-,34+/m0/s1. The van der Waals surface area contributed by atoms with E-state index in [1.807, 2.05) is 81.6 Å². The molecule has 5 rings (SSSR count). The number of benzene rings is 2. The quantitative estimate of drug-likeness (QED) is 0.285. The van der Waals surface area contributed by atoms with Gasteiger partial charge >= 0.3 is 0 Å². The Balaban J connectivity index is 1.38. The van der Waals surface area contributed by atoms with Crippen molar-refractivity contribution >= 4 is 23.6 Å². The highest BCUT2D eigenvalue weighted by atomic mass is 16.5. The molecule has 0 saturated heterocycles. The molecule has 0 saturated carbocycles. The molecule has 1 aliphatic rings. The third kappa shape index (κ3) is 10.5. The Morgan fingerprint density at radius 1 is 0.980 bits per heavy atom. The van der Waals surface area contributed by atoms with Crippen molar-refractivity contribution in [3.05, 3.63) is 95.6 Å². The zero-order chi connectivity index (χ0) is 35.5. The minimum Gasteiger partial charge on any atom is -0.492 e. The van der Waals surface area contributed by atoms with Crippen molar-refractivity contribution in [2.24, 2.45) is 5.92 Å². The first-order valence-electron chi connectivity index (χ1n) is 16.9. The summed E-state index contributed by atoms with van der Waals surface area (Å²) < 4.78 is 9.21. The number of aromatic nitrogens is 5. The summed E-state index contributed by atoms with van der Waals surface area (Å²) in [6.07, 6.45) is 4.31. The highest BCUT2D eigenvalue weighted by molar-refractivity contribution is 5.92. The maximum absolute atomic E-state index is 13.7. The van der Waals surface area contributed by atoms with Crippen LogP contribution in [-0.4, -0.2) is 91.6 Å². The fraction of sp³-hybridized carbons (Fsp3) is 0.417. The third-order valence-electron chi connectivity index (χ3n) is 8.36. The highest BCUT2D eigenvalue weighted by Crippen LogP contribution is 2.15. The molecule has 1 aliphatic heterocycles. The number of amides is 4. The summed E-state index contributed by atoms with van der Waals surface area (Å²) in [4.78, 5) is 55.6. The lowest BCUT2D eigenvalue weighted by Crippen LogP contribution is -2.56. The van der Waals surface area contributed by atoms with Crippen LogP contribution in [0, 0.1) is 12.8 Å². The van der Waals surface area contributed by atoms with Crippen molar-refractivity contribution in [1.82, 2.24) is 45.6 Å². The summed E-state index contributed by atoms with van der Waals surface area (Å²) in [6.45, 7) is 7.07. The van der Waals surface area contributed by atoms with Crippen LogP contribution in [0.5, 0.6) is 5.75 Å². The molecule has 0 spiro atoms. The van der Waals surface area contributed by atoms with Gasteiger partial charge in [0.05, 0.1) is 24.4 Å². The molecule has 0 fully saturated rings. The van der Waals surface area contributed by atoms with Gasteiger partial charge in [0.1, 0.15) is 31.0 Å². The molecule has 3 heterocycles. The van der Waals surface area contributed by atoms with Gasteiger partial charge in [0.25, 0.3) is 0 Å². The van der Waals surface area contributed by atoms with Gasteiger partial charge in [0, 0.05) is 44.9 Å². The Morgan fingerprint density at radius 2 is 1.80 bits per heavy atom. The van der Waals surface area contributed by atoms with Gasteiger partial charge in [-0.25, -0.2) is 4.68 Å². The van der Waals surface area contributed by atoms with Crippen LogP contribution in [0.2, 0.25) is 0 Å². The molecule has 0 unspecified atom stereocenters. The molecular weight excluding hydrogens is 638 g/mol. The maximum Gasteiger partial charge on any atom is 0.244 e. The smallest absolute Gasteiger partial charge is 0.244 e. The minimum atomic E-state index is -0.926. The van der Waals surface area contributed by atoms with E-state index in [4.69, 9.17) is 4.74 Å². The molecular formula is C36H45N9O5. The summed E-state index contributed by atoms with van der Waals surface area (Å²) >= 11 is 0. The number of carbonyl (C=O) groups excluding carboxylic acids is 4. The number of rotatable bonds is 5. The summed E-state index contributed by atoms with van der Waals surface area (Å²) in [5.74, 6) is -1.01. The van der Waals surface area contributed by atoms with Gasteiger partial charge in [0.15, 0.2) is 0 Å². The van der Waals surface area contributed by atoms with Crippen LogP contribution < -0.4 is 20.7 Å². The molecule has 14 heteroatoms. The first kappa shape index (κ1) is 35.8. The summed E-state index contributed by atoms with van der Waals surface area (Å²) in [5, 5.41) is 21.5. The monoisotopic (exact) mass is 683 g/mol. The number of nitrogens with zero attached hydrogens (tertiary/aromatic N) is 6. The van der Waals surface area contributed by atoms with E-state index >= 15 is 0 Å². The van der Waals surface area contributed by atoms with Crippen LogP contribution in [0.15, 0.2) is 73.1 Å². The van der Waals surface area contributed by atoms with Crippen molar-refractivity contribution in [2.75, 3.05) is 26.2 Å². The molecule has 14 nitrogen and oxygen atoms in total. The van der Waals surface area contributed by atoms with E-state index in [9.17, 15) is 19.2 Å². The molecule has 0 radical (unpaired) electrons. The fourth-order valence-corrected chi connectivity index (χ4v) is 5.67. The summed E-state index contributed by atoms with van der Waals surface area (Å²) in [5.41, 5.74) is 3.10. The van der Waals surface area contributed by atoms with Crippen molar-refractivity contribution in [3.8, 4) is 5.75 Å². The molecule has 50 heavy (non-hydrogen) atoms. The van der Waals surface area contributed by atoms with E-state index in [1.165, 1.54) is 0 Å². The lowest BCUT2D eigenvalue weighted by atomic mass is 10.0. The zero-order valence-electron chi connectivity index (χ0n) is 28.7. The predicted molar refractivity (Wildman–Crippen MR) is 185 cm³/mol. The van der Waals surface area contributed by atoms with Crippen LogP contribution in [0.4, 0.5) is 0 Å². The lowest BCUT2D eigenvalue weighted by Gasteiger charge is -2.26. The van der Waals surface area contributed by atoms with E-state index < -0.39 is 23.9 Å². The van der Waals surface area contributed by atoms with E-state index in [2.05, 4.69) is 31.4 Å². The van der Waals surface area contributed by atoms with Gasteiger partial charge < -0.3 is 25.6 Å². The Morgan fingerprint density at radius 3 is 2.56 bits per heavy atom. The topological polar surface area (TPSA) is 165 Å². The first-order chi connectivity index (χ1) is 24.1. The number of carbonyl (C=O) groups is 4. The third-order valence-corrected chi connectivity index (χ3v) is 8.36. The van der Waals surface area contributed by atoms with Crippen molar-refractivity contribution in [3.63, 3.8) is 0 Å². The first-order valence-corrected chi connectivity index (χ1v) is 16.9. The van der Waals surface area contributed by atoms with Crippen LogP contribution in [0.3, 0.4) is 0 Å². The largest absolute Gasteiger partial charge is 0.492 e. The van der Waals surface area contributed by atoms with Gasteiger partial charge in [-0.05, 0) is 42.2 Å². The minimum absolute atomic E-state index is 0.0437. The molecule has 4 bridgehead atoms. The van der Waals surface area contributed by atoms with Crippen LogP contribution in [0.25, 0.3) is 0 Å². The van der Waals surface area contributed by atoms with E-state index in [1.54, 1.807) is 26.5 Å². The molecule has 2 aromatic carbocycles. The normalized spacial score (nSPS) is 18.5. The van der Waals surface area contributed by atoms with Gasteiger partial charge in [0.2, 0.25) is 23.6 Å². The molecule has 4 amide bonds. The summed E-state index contributed by atoms with van der Waals surface area (Å²) in [7, 11) is 0. The second-order valence-corrected chi connectivity index (χ2v) is 12.8. The second-order valence-electron chi connectivity index (χ2n) is 12.8. The lowest BCUT2D eigenvalue weighted by molar-refractivity contribution is -0.133. The second kappa shape index (κ2) is 17.2.